The van der Waals surface area contributed by atoms with E-state index in [4.69, 9.17) is 23.1 Å². The number of carbonyl (C=O) groups is 1. The predicted octanol–water partition coefficient (Wildman–Crippen LogP) is 1.83. The summed E-state index contributed by atoms with van der Waals surface area (Å²) in [5.41, 5.74) is 12.9. The van der Waals surface area contributed by atoms with Gasteiger partial charge in [-0.3, -0.25) is 4.79 Å². The standard InChI is InChI=1S/C13H13ClN4O/c14-10-11(15)9(6-17-12(10)16)7-18-13(19)8-4-2-1-3-5-8/h1-6H,7H2,(H,18,19)(H4,15,16,17). The molecule has 2 rings (SSSR count). The van der Waals surface area contributed by atoms with Crippen LogP contribution in [0.4, 0.5) is 11.5 Å². The van der Waals surface area contributed by atoms with Crippen molar-refractivity contribution in [2.24, 2.45) is 0 Å². The summed E-state index contributed by atoms with van der Waals surface area (Å²) in [7, 11) is 0. The van der Waals surface area contributed by atoms with Crippen molar-refractivity contribution < 1.29 is 4.79 Å². The van der Waals surface area contributed by atoms with E-state index in [2.05, 4.69) is 10.3 Å². The molecule has 0 aliphatic carbocycles. The van der Waals surface area contributed by atoms with E-state index in [9.17, 15) is 4.79 Å². The Hall–Kier alpha value is -2.27. The van der Waals surface area contributed by atoms with Gasteiger partial charge in [-0.25, -0.2) is 4.98 Å². The van der Waals surface area contributed by atoms with Crippen LogP contribution >= 0.6 is 11.6 Å². The molecule has 5 nitrogen and oxygen atoms in total. The number of amides is 1. The highest BCUT2D eigenvalue weighted by atomic mass is 35.5. The third-order valence-electron chi connectivity index (χ3n) is 2.64. The van der Waals surface area contributed by atoms with E-state index in [1.807, 2.05) is 6.07 Å². The lowest BCUT2D eigenvalue weighted by molar-refractivity contribution is 0.0951. The molecule has 1 heterocycles. The second-order valence-electron chi connectivity index (χ2n) is 3.95. The molecular formula is C13H13ClN4O. The van der Waals surface area contributed by atoms with Gasteiger partial charge in [0.1, 0.15) is 10.8 Å². The normalized spacial score (nSPS) is 10.2. The molecule has 2 aromatic rings. The molecule has 0 saturated carbocycles. The monoisotopic (exact) mass is 276 g/mol. The Bertz CT molecular complexity index is 601. The van der Waals surface area contributed by atoms with Gasteiger partial charge in [0.15, 0.2) is 0 Å². The quantitative estimate of drug-likeness (QED) is 0.797. The molecule has 5 N–H and O–H groups in total. The highest BCUT2D eigenvalue weighted by Crippen LogP contribution is 2.26. The van der Waals surface area contributed by atoms with Gasteiger partial charge in [0.05, 0.1) is 5.69 Å². The Morgan fingerprint density at radius 2 is 1.95 bits per heavy atom. The summed E-state index contributed by atoms with van der Waals surface area (Å²) in [4.78, 5) is 15.8. The zero-order valence-electron chi connectivity index (χ0n) is 10.1. The van der Waals surface area contributed by atoms with Crippen LogP contribution in [0.25, 0.3) is 0 Å². The Labute approximate surface area is 115 Å². The van der Waals surface area contributed by atoms with Crippen LogP contribution in [0, 0.1) is 0 Å². The molecule has 0 bridgehead atoms. The smallest absolute Gasteiger partial charge is 0.251 e. The Morgan fingerprint density at radius 3 is 2.63 bits per heavy atom. The minimum absolute atomic E-state index is 0.178. The lowest BCUT2D eigenvalue weighted by Crippen LogP contribution is -2.23. The van der Waals surface area contributed by atoms with E-state index in [0.717, 1.165) is 0 Å². The molecule has 0 atom stereocenters. The van der Waals surface area contributed by atoms with Crippen LogP contribution in [-0.2, 0) is 6.54 Å². The van der Waals surface area contributed by atoms with Crippen LogP contribution < -0.4 is 16.8 Å². The van der Waals surface area contributed by atoms with Crippen LogP contribution in [0.2, 0.25) is 5.02 Å². The van der Waals surface area contributed by atoms with E-state index in [1.165, 1.54) is 6.20 Å². The van der Waals surface area contributed by atoms with Crippen LogP contribution in [0.3, 0.4) is 0 Å². The fraction of sp³-hybridized carbons (Fsp3) is 0.0769. The van der Waals surface area contributed by atoms with Gasteiger partial charge in [-0.2, -0.15) is 0 Å². The maximum atomic E-state index is 11.9. The molecule has 0 radical (unpaired) electrons. The molecular weight excluding hydrogens is 264 g/mol. The van der Waals surface area contributed by atoms with E-state index >= 15 is 0 Å². The Balaban J connectivity index is 2.08. The summed E-state index contributed by atoms with van der Waals surface area (Å²) in [6, 6.07) is 8.90. The number of hydrogen-bond acceptors (Lipinski definition) is 4. The summed E-state index contributed by atoms with van der Waals surface area (Å²) >= 11 is 5.89. The first-order valence-electron chi connectivity index (χ1n) is 5.61. The zero-order valence-corrected chi connectivity index (χ0v) is 10.8. The minimum atomic E-state index is -0.187. The molecule has 0 saturated heterocycles. The first-order valence-corrected chi connectivity index (χ1v) is 5.99. The van der Waals surface area contributed by atoms with Crippen molar-refractivity contribution in [2.45, 2.75) is 6.54 Å². The van der Waals surface area contributed by atoms with Gasteiger partial charge >= 0.3 is 0 Å². The second-order valence-corrected chi connectivity index (χ2v) is 4.32. The first-order chi connectivity index (χ1) is 9.09. The molecule has 1 aromatic heterocycles. The number of halogens is 1. The van der Waals surface area contributed by atoms with E-state index in [-0.39, 0.29) is 23.3 Å². The van der Waals surface area contributed by atoms with Crippen LogP contribution in [0.5, 0.6) is 0 Å². The summed E-state index contributed by atoms with van der Waals surface area (Å²) in [5, 5.41) is 2.96. The van der Waals surface area contributed by atoms with Crippen LogP contribution in [0.1, 0.15) is 15.9 Å². The third-order valence-corrected chi connectivity index (χ3v) is 3.04. The Kier molecular flexibility index (Phi) is 3.87. The average Bonchev–Trinajstić information content (AvgIpc) is 2.45. The van der Waals surface area contributed by atoms with Gasteiger partial charge in [-0.05, 0) is 12.1 Å². The number of hydrogen-bond donors (Lipinski definition) is 3. The number of nitrogen functional groups attached to an aromatic ring is 2. The van der Waals surface area contributed by atoms with Gasteiger partial charge in [0.25, 0.3) is 5.91 Å². The second kappa shape index (κ2) is 5.58. The van der Waals surface area contributed by atoms with Gasteiger partial charge < -0.3 is 16.8 Å². The summed E-state index contributed by atoms with van der Waals surface area (Å²) in [5.74, 6) is -0.00903. The maximum Gasteiger partial charge on any atom is 0.251 e. The number of aromatic nitrogens is 1. The molecule has 0 unspecified atom stereocenters. The summed E-state index contributed by atoms with van der Waals surface area (Å²) < 4.78 is 0. The first kappa shape index (κ1) is 13.2. The van der Waals surface area contributed by atoms with E-state index < -0.39 is 0 Å². The van der Waals surface area contributed by atoms with E-state index in [1.54, 1.807) is 24.3 Å². The molecule has 0 aliphatic rings. The molecule has 0 spiro atoms. The number of nitrogens with zero attached hydrogens (tertiary/aromatic N) is 1. The van der Waals surface area contributed by atoms with Crippen molar-refractivity contribution in [2.75, 3.05) is 11.5 Å². The molecule has 19 heavy (non-hydrogen) atoms. The van der Waals surface area contributed by atoms with Crippen LogP contribution in [-0.4, -0.2) is 10.9 Å². The van der Waals surface area contributed by atoms with Crippen molar-refractivity contribution in [3.05, 3.63) is 52.7 Å². The lowest BCUT2D eigenvalue weighted by Gasteiger charge is -2.09. The van der Waals surface area contributed by atoms with Gasteiger partial charge in [0, 0.05) is 23.9 Å². The maximum absolute atomic E-state index is 11.9. The molecule has 0 fully saturated rings. The average molecular weight is 277 g/mol. The summed E-state index contributed by atoms with van der Waals surface area (Å²) in [6.45, 7) is 0.243. The van der Waals surface area contributed by atoms with Gasteiger partial charge in [0.2, 0.25) is 0 Å². The number of rotatable bonds is 3. The number of nitrogens with two attached hydrogens (primary N) is 2. The molecule has 1 amide bonds. The number of nitrogens with one attached hydrogen (secondary N) is 1. The number of anilines is 2. The van der Waals surface area contributed by atoms with Crippen molar-refractivity contribution in [3.8, 4) is 0 Å². The van der Waals surface area contributed by atoms with Gasteiger partial charge in [-0.15, -0.1) is 0 Å². The zero-order chi connectivity index (χ0) is 13.8. The van der Waals surface area contributed by atoms with E-state index in [0.29, 0.717) is 16.8 Å². The predicted molar refractivity (Wildman–Crippen MR) is 75.7 cm³/mol. The Morgan fingerprint density at radius 1 is 1.26 bits per heavy atom. The molecule has 0 aliphatic heterocycles. The van der Waals surface area contributed by atoms with Crippen LogP contribution in [0.15, 0.2) is 36.5 Å². The van der Waals surface area contributed by atoms with Crippen molar-refractivity contribution >= 4 is 29.0 Å². The van der Waals surface area contributed by atoms with Gasteiger partial charge in [-0.1, -0.05) is 29.8 Å². The van der Waals surface area contributed by atoms with Crippen molar-refractivity contribution in [1.82, 2.24) is 10.3 Å². The summed E-state index contributed by atoms with van der Waals surface area (Å²) in [6.07, 6.45) is 1.50. The molecule has 6 heteroatoms. The van der Waals surface area contributed by atoms with Crippen molar-refractivity contribution in [1.29, 1.82) is 0 Å². The largest absolute Gasteiger partial charge is 0.397 e. The highest BCUT2D eigenvalue weighted by molar-refractivity contribution is 6.35. The molecule has 1 aromatic carbocycles. The fourth-order valence-electron chi connectivity index (χ4n) is 1.56. The third kappa shape index (κ3) is 2.95. The fourth-order valence-corrected chi connectivity index (χ4v) is 1.73. The number of pyridine rings is 1. The SMILES string of the molecule is Nc1ncc(CNC(=O)c2ccccc2)c(N)c1Cl. The highest BCUT2D eigenvalue weighted by Gasteiger charge is 2.10. The molecule has 98 valence electrons. The minimum Gasteiger partial charge on any atom is -0.397 e. The lowest BCUT2D eigenvalue weighted by atomic mass is 10.2. The number of benzene rings is 1. The topological polar surface area (TPSA) is 94.0 Å². The number of carbonyl (C=O) groups excluding carboxylic acids is 1. The van der Waals surface area contributed by atoms with Crippen molar-refractivity contribution in [3.63, 3.8) is 0 Å².